The second kappa shape index (κ2) is 14.2. The Bertz CT molecular complexity index is 1440. The van der Waals surface area contributed by atoms with Crippen molar-refractivity contribution in [1.29, 1.82) is 0 Å². The first-order valence-corrected chi connectivity index (χ1v) is 15.7. The first kappa shape index (κ1) is 31.7. The molecule has 0 aliphatic rings. The van der Waals surface area contributed by atoms with Crippen LogP contribution in [-0.2, 0) is 32.6 Å². The average molecular weight is 625 g/mol. The number of rotatable bonds is 12. The van der Waals surface area contributed by atoms with Crippen LogP contribution in [0.5, 0.6) is 0 Å². The molecule has 0 fully saturated rings. The highest BCUT2D eigenvalue weighted by atomic mass is 35.5. The molecular formula is C29H32Cl3N3O4S. The Morgan fingerprint density at radius 1 is 0.900 bits per heavy atom. The second-order valence-electron chi connectivity index (χ2n) is 9.54. The van der Waals surface area contributed by atoms with Gasteiger partial charge in [0, 0.05) is 29.1 Å². The maximum atomic E-state index is 14.1. The summed E-state index contributed by atoms with van der Waals surface area (Å²) < 4.78 is 26.7. The Morgan fingerprint density at radius 2 is 1.55 bits per heavy atom. The summed E-state index contributed by atoms with van der Waals surface area (Å²) >= 11 is 18.6. The quantitative estimate of drug-likeness (QED) is 0.269. The van der Waals surface area contributed by atoms with Crippen molar-refractivity contribution in [3.8, 4) is 0 Å². The first-order chi connectivity index (χ1) is 18.9. The molecule has 0 aliphatic heterocycles. The number of halogens is 3. The van der Waals surface area contributed by atoms with E-state index in [9.17, 15) is 18.0 Å². The van der Waals surface area contributed by atoms with Crippen molar-refractivity contribution in [1.82, 2.24) is 10.2 Å². The number of hydrogen-bond acceptors (Lipinski definition) is 4. The molecule has 0 aromatic heterocycles. The lowest BCUT2D eigenvalue weighted by atomic mass is 10.0. The summed E-state index contributed by atoms with van der Waals surface area (Å²) in [6.45, 7) is 3.28. The van der Waals surface area contributed by atoms with Crippen LogP contribution in [0.4, 0.5) is 5.69 Å². The molecule has 1 N–H and O–H groups in total. The van der Waals surface area contributed by atoms with E-state index in [0.717, 1.165) is 16.1 Å². The lowest BCUT2D eigenvalue weighted by Crippen LogP contribution is -2.54. The highest BCUT2D eigenvalue weighted by Gasteiger charge is 2.34. The molecule has 0 heterocycles. The van der Waals surface area contributed by atoms with Gasteiger partial charge in [-0.2, -0.15) is 0 Å². The molecule has 2 atom stereocenters. The smallest absolute Gasteiger partial charge is 0.244 e. The van der Waals surface area contributed by atoms with Crippen LogP contribution in [0.2, 0.25) is 15.1 Å². The molecular weight excluding hydrogens is 593 g/mol. The average Bonchev–Trinajstić information content (AvgIpc) is 2.89. The third-order valence-electron chi connectivity index (χ3n) is 6.37. The maximum absolute atomic E-state index is 14.1. The molecule has 7 nitrogen and oxygen atoms in total. The maximum Gasteiger partial charge on any atom is 0.244 e. The van der Waals surface area contributed by atoms with E-state index in [1.807, 2.05) is 44.2 Å². The summed E-state index contributed by atoms with van der Waals surface area (Å²) in [7, 11) is -3.95. The van der Waals surface area contributed by atoms with Crippen LogP contribution in [0.15, 0.2) is 72.8 Å². The highest BCUT2D eigenvalue weighted by molar-refractivity contribution is 7.92. The van der Waals surface area contributed by atoms with Gasteiger partial charge in [-0.25, -0.2) is 8.42 Å². The minimum Gasteiger partial charge on any atom is -0.352 e. The van der Waals surface area contributed by atoms with Gasteiger partial charge < -0.3 is 10.2 Å². The number of amides is 2. The number of benzene rings is 3. The molecule has 3 aromatic carbocycles. The summed E-state index contributed by atoms with van der Waals surface area (Å²) in [6.07, 6.45) is 1.91. The van der Waals surface area contributed by atoms with Crippen LogP contribution in [0.1, 0.15) is 31.4 Å². The van der Waals surface area contributed by atoms with E-state index >= 15 is 0 Å². The van der Waals surface area contributed by atoms with Crippen molar-refractivity contribution in [2.75, 3.05) is 17.1 Å². The van der Waals surface area contributed by atoms with E-state index in [1.165, 1.54) is 23.1 Å². The van der Waals surface area contributed by atoms with Crippen LogP contribution < -0.4 is 9.62 Å². The Labute approximate surface area is 251 Å². The summed E-state index contributed by atoms with van der Waals surface area (Å²) in [6, 6.07) is 19.6. The first-order valence-electron chi connectivity index (χ1n) is 12.7. The lowest BCUT2D eigenvalue weighted by molar-refractivity contribution is -0.140. The molecule has 0 aliphatic carbocycles. The van der Waals surface area contributed by atoms with E-state index in [2.05, 4.69) is 5.32 Å². The molecule has 11 heteroatoms. The predicted molar refractivity (Wildman–Crippen MR) is 162 cm³/mol. The van der Waals surface area contributed by atoms with Crippen LogP contribution in [-0.4, -0.2) is 50.0 Å². The Morgan fingerprint density at radius 3 is 2.15 bits per heavy atom. The molecule has 3 rings (SSSR count). The monoisotopic (exact) mass is 623 g/mol. The van der Waals surface area contributed by atoms with Gasteiger partial charge in [0.25, 0.3) is 0 Å². The van der Waals surface area contributed by atoms with Gasteiger partial charge in [0.15, 0.2) is 0 Å². The number of nitrogens with zero attached hydrogens (tertiary/aromatic N) is 2. The molecule has 0 bridgehead atoms. The van der Waals surface area contributed by atoms with Crippen LogP contribution >= 0.6 is 34.8 Å². The molecule has 40 heavy (non-hydrogen) atoms. The summed E-state index contributed by atoms with van der Waals surface area (Å²) in [5, 5.41) is 3.85. The number of sulfonamides is 1. The Hall–Kier alpha value is -2.78. The zero-order chi connectivity index (χ0) is 29.4. The third kappa shape index (κ3) is 8.86. The fourth-order valence-corrected chi connectivity index (χ4v) is 5.74. The van der Waals surface area contributed by atoms with E-state index < -0.39 is 28.5 Å². The Kier molecular flexibility index (Phi) is 11.3. The van der Waals surface area contributed by atoms with Crippen LogP contribution in [0.25, 0.3) is 0 Å². The lowest BCUT2D eigenvalue weighted by Gasteiger charge is -2.34. The van der Waals surface area contributed by atoms with Crippen molar-refractivity contribution >= 4 is 62.3 Å². The van der Waals surface area contributed by atoms with Gasteiger partial charge >= 0.3 is 0 Å². The zero-order valence-corrected chi connectivity index (χ0v) is 25.6. The SMILES string of the molecule is CC[C@H](C)NC(=O)[C@H](Cc1ccccc1)N(Cc1cccc(Cl)c1)C(=O)CN(c1ccc(Cl)cc1Cl)S(C)(=O)=O. The number of hydrogen-bond donors (Lipinski definition) is 1. The van der Waals surface area contributed by atoms with Gasteiger partial charge in [0.05, 0.1) is 17.0 Å². The van der Waals surface area contributed by atoms with Gasteiger partial charge in [-0.1, -0.05) is 84.2 Å². The van der Waals surface area contributed by atoms with Gasteiger partial charge in [-0.05, 0) is 54.8 Å². The third-order valence-corrected chi connectivity index (χ3v) is 8.27. The number of carbonyl (C=O) groups is 2. The van der Waals surface area contributed by atoms with E-state index in [-0.39, 0.29) is 35.6 Å². The number of nitrogens with one attached hydrogen (secondary N) is 1. The van der Waals surface area contributed by atoms with Gasteiger partial charge in [-0.15, -0.1) is 0 Å². The van der Waals surface area contributed by atoms with E-state index in [1.54, 1.807) is 24.3 Å². The number of anilines is 1. The molecule has 0 saturated carbocycles. The summed E-state index contributed by atoms with van der Waals surface area (Å²) in [5.74, 6) is -0.930. The van der Waals surface area contributed by atoms with E-state index in [4.69, 9.17) is 34.8 Å². The molecule has 0 radical (unpaired) electrons. The highest BCUT2D eigenvalue weighted by Crippen LogP contribution is 2.31. The second-order valence-corrected chi connectivity index (χ2v) is 12.7. The Balaban J connectivity index is 2.08. The minimum atomic E-state index is -3.95. The fourth-order valence-electron chi connectivity index (χ4n) is 4.11. The molecule has 0 saturated heterocycles. The van der Waals surface area contributed by atoms with Gasteiger partial charge in [-0.3, -0.25) is 13.9 Å². The van der Waals surface area contributed by atoms with Gasteiger partial charge in [0.2, 0.25) is 21.8 Å². The number of carbonyl (C=O) groups excluding carboxylic acids is 2. The van der Waals surface area contributed by atoms with Crippen molar-refractivity contribution in [2.24, 2.45) is 0 Å². The zero-order valence-electron chi connectivity index (χ0n) is 22.5. The van der Waals surface area contributed by atoms with Crippen molar-refractivity contribution in [2.45, 2.75) is 45.3 Å². The van der Waals surface area contributed by atoms with Crippen molar-refractivity contribution < 1.29 is 18.0 Å². The molecule has 3 aromatic rings. The predicted octanol–water partition coefficient (Wildman–Crippen LogP) is 5.97. The van der Waals surface area contributed by atoms with Crippen molar-refractivity contribution in [3.63, 3.8) is 0 Å². The van der Waals surface area contributed by atoms with Crippen molar-refractivity contribution in [3.05, 3.63) is 99.0 Å². The summed E-state index contributed by atoms with van der Waals surface area (Å²) in [4.78, 5) is 29.1. The van der Waals surface area contributed by atoms with Crippen LogP contribution in [0, 0.1) is 0 Å². The standard InChI is InChI=1S/C29H32Cl3N3O4S/c1-4-20(2)33-29(37)27(16-21-9-6-5-7-10-21)34(18-22-11-8-12-23(30)15-22)28(36)19-35(40(3,38)39)26-14-13-24(31)17-25(26)32/h5-15,17,20,27H,4,16,18-19H2,1-3H3,(H,33,37)/t20-,27-/m0/s1. The molecule has 0 spiro atoms. The molecule has 0 unspecified atom stereocenters. The van der Waals surface area contributed by atoms with Crippen LogP contribution in [0.3, 0.4) is 0 Å². The summed E-state index contributed by atoms with van der Waals surface area (Å²) in [5.41, 5.74) is 1.63. The fraction of sp³-hybridized carbons (Fsp3) is 0.310. The largest absolute Gasteiger partial charge is 0.352 e. The van der Waals surface area contributed by atoms with E-state index in [0.29, 0.717) is 22.0 Å². The minimum absolute atomic E-state index is 0.0246. The topological polar surface area (TPSA) is 86.8 Å². The molecule has 214 valence electrons. The normalized spacial score (nSPS) is 12.8. The molecule has 2 amide bonds. The van der Waals surface area contributed by atoms with Gasteiger partial charge in [0.1, 0.15) is 12.6 Å².